The monoisotopic (exact) mass is 336 g/mol. The van der Waals surface area contributed by atoms with Gasteiger partial charge in [0.2, 0.25) is 0 Å². The molecule has 2 N–H and O–H groups in total. The normalized spacial score (nSPS) is 10.6. The maximum Gasteiger partial charge on any atom is 0.128 e. The highest BCUT2D eigenvalue weighted by molar-refractivity contribution is 9.10. The number of benzene rings is 2. The summed E-state index contributed by atoms with van der Waals surface area (Å²) in [5, 5.41) is 0. The first kappa shape index (κ1) is 15.0. The summed E-state index contributed by atoms with van der Waals surface area (Å²) in [4.78, 5) is 2.02. The second kappa shape index (κ2) is 6.86. The molecule has 0 aliphatic heterocycles. The van der Waals surface area contributed by atoms with Crippen LogP contribution in [0.3, 0.4) is 0 Å². The summed E-state index contributed by atoms with van der Waals surface area (Å²) in [5.41, 5.74) is 8.50. The summed E-state index contributed by atoms with van der Waals surface area (Å²) in [5.74, 6) is -0.168. The molecule has 2 aromatic carbocycles. The number of anilines is 1. The number of halogens is 2. The number of hydrogen-bond donors (Lipinski definition) is 1. The SMILES string of the molecule is CN(Cc1ccccc1F)c1ccc(CCN)c(Br)c1. The standard InChI is InChI=1S/C16H18BrFN2/c1-20(11-13-4-2-3-5-16(13)18)14-7-6-12(8-9-19)15(17)10-14/h2-7,10H,8-9,11,19H2,1H3. The molecule has 0 aliphatic carbocycles. The molecule has 2 nitrogen and oxygen atoms in total. The summed E-state index contributed by atoms with van der Waals surface area (Å²) in [7, 11) is 1.96. The highest BCUT2D eigenvalue weighted by Gasteiger charge is 2.08. The van der Waals surface area contributed by atoms with E-state index in [1.165, 1.54) is 11.6 Å². The molecule has 0 saturated carbocycles. The van der Waals surface area contributed by atoms with Gasteiger partial charge in [0.1, 0.15) is 5.82 Å². The quantitative estimate of drug-likeness (QED) is 0.901. The lowest BCUT2D eigenvalue weighted by atomic mass is 10.1. The highest BCUT2D eigenvalue weighted by Crippen LogP contribution is 2.25. The number of hydrogen-bond acceptors (Lipinski definition) is 2. The molecule has 20 heavy (non-hydrogen) atoms. The minimum atomic E-state index is -0.168. The van der Waals surface area contributed by atoms with E-state index in [0.717, 1.165) is 16.6 Å². The van der Waals surface area contributed by atoms with Gasteiger partial charge in [0, 0.05) is 29.3 Å². The average molecular weight is 337 g/mol. The first-order valence-corrected chi connectivity index (χ1v) is 7.34. The van der Waals surface area contributed by atoms with Crippen LogP contribution in [0.5, 0.6) is 0 Å². The maximum atomic E-state index is 13.7. The van der Waals surface area contributed by atoms with E-state index in [1.54, 1.807) is 6.07 Å². The van der Waals surface area contributed by atoms with Crippen molar-refractivity contribution in [1.82, 2.24) is 0 Å². The Bertz CT molecular complexity index is 586. The van der Waals surface area contributed by atoms with E-state index in [9.17, 15) is 4.39 Å². The lowest BCUT2D eigenvalue weighted by molar-refractivity contribution is 0.608. The van der Waals surface area contributed by atoms with Gasteiger partial charge in [-0.15, -0.1) is 0 Å². The molecule has 4 heteroatoms. The first-order valence-electron chi connectivity index (χ1n) is 6.55. The third kappa shape index (κ3) is 3.58. The van der Waals surface area contributed by atoms with Crippen LogP contribution in [-0.4, -0.2) is 13.6 Å². The minimum Gasteiger partial charge on any atom is -0.370 e. The molecular weight excluding hydrogens is 319 g/mol. The van der Waals surface area contributed by atoms with Gasteiger partial charge in [0.15, 0.2) is 0 Å². The zero-order valence-corrected chi connectivity index (χ0v) is 13.0. The van der Waals surface area contributed by atoms with E-state index in [1.807, 2.05) is 36.2 Å². The van der Waals surface area contributed by atoms with Crippen LogP contribution in [0.4, 0.5) is 10.1 Å². The van der Waals surface area contributed by atoms with E-state index in [0.29, 0.717) is 18.7 Å². The Morgan fingerprint density at radius 2 is 1.90 bits per heavy atom. The van der Waals surface area contributed by atoms with Crippen molar-refractivity contribution in [3.8, 4) is 0 Å². The molecule has 0 amide bonds. The van der Waals surface area contributed by atoms with Crippen LogP contribution in [0.15, 0.2) is 46.9 Å². The van der Waals surface area contributed by atoms with Crippen LogP contribution >= 0.6 is 15.9 Å². The van der Waals surface area contributed by atoms with E-state index < -0.39 is 0 Å². The van der Waals surface area contributed by atoms with Crippen molar-refractivity contribution in [1.29, 1.82) is 0 Å². The summed E-state index contributed by atoms with van der Waals surface area (Å²) >= 11 is 3.56. The predicted molar refractivity (Wildman–Crippen MR) is 85.4 cm³/mol. The second-order valence-corrected chi connectivity index (χ2v) is 5.62. The highest BCUT2D eigenvalue weighted by atomic mass is 79.9. The van der Waals surface area contributed by atoms with Crippen molar-refractivity contribution >= 4 is 21.6 Å². The molecule has 0 bridgehead atoms. The average Bonchev–Trinajstić information content (AvgIpc) is 2.43. The van der Waals surface area contributed by atoms with Gasteiger partial charge in [-0.2, -0.15) is 0 Å². The fraction of sp³-hybridized carbons (Fsp3) is 0.250. The lowest BCUT2D eigenvalue weighted by Gasteiger charge is -2.20. The second-order valence-electron chi connectivity index (χ2n) is 4.76. The number of rotatable bonds is 5. The molecule has 0 spiro atoms. The summed E-state index contributed by atoms with van der Waals surface area (Å²) < 4.78 is 14.7. The Morgan fingerprint density at radius 1 is 1.15 bits per heavy atom. The Labute approximate surface area is 127 Å². The van der Waals surface area contributed by atoms with Crippen LogP contribution in [-0.2, 0) is 13.0 Å². The molecule has 0 unspecified atom stereocenters. The molecule has 0 saturated heterocycles. The van der Waals surface area contributed by atoms with Crippen molar-refractivity contribution in [3.05, 3.63) is 63.9 Å². The van der Waals surface area contributed by atoms with Crippen LogP contribution in [0, 0.1) is 5.82 Å². The number of nitrogens with two attached hydrogens (primary N) is 1. The molecule has 0 atom stereocenters. The van der Waals surface area contributed by atoms with Gasteiger partial charge < -0.3 is 10.6 Å². The molecule has 0 aliphatic rings. The first-order chi connectivity index (χ1) is 9.61. The molecule has 106 valence electrons. The maximum absolute atomic E-state index is 13.7. The van der Waals surface area contributed by atoms with Crippen molar-refractivity contribution < 1.29 is 4.39 Å². The Kier molecular flexibility index (Phi) is 5.15. The molecule has 2 aromatic rings. The van der Waals surface area contributed by atoms with Crippen LogP contribution < -0.4 is 10.6 Å². The number of nitrogens with zero attached hydrogens (tertiary/aromatic N) is 1. The molecular formula is C16H18BrFN2. The third-order valence-corrected chi connectivity index (χ3v) is 3.99. The lowest BCUT2D eigenvalue weighted by Crippen LogP contribution is -2.17. The van der Waals surface area contributed by atoms with Gasteiger partial charge in [0.25, 0.3) is 0 Å². The topological polar surface area (TPSA) is 29.3 Å². The van der Waals surface area contributed by atoms with Gasteiger partial charge in [-0.3, -0.25) is 0 Å². The van der Waals surface area contributed by atoms with Gasteiger partial charge in [-0.1, -0.05) is 40.2 Å². The Hall–Kier alpha value is -1.39. The van der Waals surface area contributed by atoms with E-state index >= 15 is 0 Å². The summed E-state index contributed by atoms with van der Waals surface area (Å²) in [6, 6.07) is 13.0. The van der Waals surface area contributed by atoms with Gasteiger partial charge >= 0.3 is 0 Å². The third-order valence-electron chi connectivity index (χ3n) is 3.26. The Morgan fingerprint density at radius 3 is 2.55 bits per heavy atom. The summed E-state index contributed by atoms with van der Waals surface area (Å²) in [6.07, 6.45) is 0.845. The van der Waals surface area contributed by atoms with Crippen molar-refractivity contribution in [2.24, 2.45) is 5.73 Å². The zero-order valence-electron chi connectivity index (χ0n) is 11.4. The van der Waals surface area contributed by atoms with Crippen molar-refractivity contribution in [3.63, 3.8) is 0 Å². The molecule has 0 aromatic heterocycles. The van der Waals surface area contributed by atoms with Gasteiger partial charge in [-0.05, 0) is 36.7 Å². The van der Waals surface area contributed by atoms with Crippen molar-refractivity contribution in [2.45, 2.75) is 13.0 Å². The summed E-state index contributed by atoms with van der Waals surface area (Å²) in [6.45, 7) is 1.17. The Balaban J connectivity index is 2.15. The van der Waals surface area contributed by atoms with E-state index in [4.69, 9.17) is 5.73 Å². The van der Waals surface area contributed by atoms with Crippen LogP contribution in [0.2, 0.25) is 0 Å². The molecule has 0 heterocycles. The smallest absolute Gasteiger partial charge is 0.128 e. The fourth-order valence-corrected chi connectivity index (χ4v) is 2.67. The van der Waals surface area contributed by atoms with Gasteiger partial charge in [-0.25, -0.2) is 4.39 Å². The van der Waals surface area contributed by atoms with Crippen molar-refractivity contribution in [2.75, 3.05) is 18.5 Å². The fourth-order valence-electron chi connectivity index (χ4n) is 2.11. The van der Waals surface area contributed by atoms with Gasteiger partial charge in [0.05, 0.1) is 0 Å². The molecule has 0 fully saturated rings. The van der Waals surface area contributed by atoms with E-state index in [2.05, 4.69) is 22.0 Å². The molecule has 2 rings (SSSR count). The minimum absolute atomic E-state index is 0.168. The van der Waals surface area contributed by atoms with Crippen LogP contribution in [0.25, 0.3) is 0 Å². The van der Waals surface area contributed by atoms with Crippen LogP contribution in [0.1, 0.15) is 11.1 Å². The largest absolute Gasteiger partial charge is 0.370 e. The molecule has 0 radical (unpaired) electrons. The van der Waals surface area contributed by atoms with E-state index in [-0.39, 0.29) is 5.82 Å². The predicted octanol–water partition coefficient (Wildman–Crippen LogP) is 3.73. The zero-order chi connectivity index (χ0) is 14.5.